The maximum absolute atomic E-state index is 13.7. The summed E-state index contributed by atoms with van der Waals surface area (Å²) in [4.78, 5) is 15.0. The summed E-state index contributed by atoms with van der Waals surface area (Å²) < 4.78 is 46.8. The van der Waals surface area contributed by atoms with E-state index in [4.69, 9.17) is 9.84 Å². The van der Waals surface area contributed by atoms with Crippen molar-refractivity contribution in [3.8, 4) is 28.0 Å². The Bertz CT molecular complexity index is 1290. The fraction of sp³-hybridized carbons (Fsp3) is 0.143. The minimum Gasteiger partial charge on any atom is -0.489 e. The molecule has 35 heavy (non-hydrogen) atoms. The Morgan fingerprint density at radius 2 is 1.57 bits per heavy atom. The van der Waals surface area contributed by atoms with E-state index in [0.29, 0.717) is 17.7 Å². The number of carboxylic acids is 1. The van der Waals surface area contributed by atoms with Crippen molar-refractivity contribution in [2.75, 3.05) is 0 Å². The van der Waals surface area contributed by atoms with Gasteiger partial charge < -0.3 is 9.84 Å². The van der Waals surface area contributed by atoms with E-state index in [0.717, 1.165) is 22.8 Å². The third-order valence-corrected chi connectivity index (χ3v) is 5.49. The summed E-state index contributed by atoms with van der Waals surface area (Å²) in [7, 11) is 0. The van der Waals surface area contributed by atoms with E-state index in [-0.39, 0.29) is 24.3 Å². The normalized spacial score (nSPS) is 11.3. The highest BCUT2D eigenvalue weighted by atomic mass is 19.4. The first kappa shape index (κ1) is 24.0. The lowest BCUT2D eigenvalue weighted by molar-refractivity contribution is -0.138. The zero-order valence-corrected chi connectivity index (χ0v) is 18.6. The van der Waals surface area contributed by atoms with Crippen molar-refractivity contribution in [2.45, 2.75) is 25.6 Å². The fourth-order valence-corrected chi connectivity index (χ4v) is 3.66. The number of benzene rings is 3. The molecular formula is C28H22F3NO3. The predicted molar refractivity (Wildman–Crippen MR) is 127 cm³/mol. The van der Waals surface area contributed by atoms with E-state index in [2.05, 4.69) is 4.98 Å². The summed E-state index contributed by atoms with van der Waals surface area (Å²) in [6.07, 6.45) is -2.42. The molecule has 0 bridgehead atoms. The molecular weight excluding hydrogens is 455 g/mol. The van der Waals surface area contributed by atoms with Crippen molar-refractivity contribution >= 4 is 5.97 Å². The molecule has 0 fully saturated rings. The molecule has 4 aromatic rings. The van der Waals surface area contributed by atoms with Crippen LogP contribution in [0, 0.1) is 0 Å². The molecule has 0 saturated carbocycles. The number of carbonyl (C=O) groups is 1. The van der Waals surface area contributed by atoms with Gasteiger partial charge in [-0.1, -0.05) is 66.7 Å². The molecule has 1 N–H and O–H groups in total. The van der Waals surface area contributed by atoms with Gasteiger partial charge in [0.15, 0.2) is 0 Å². The number of aliphatic carboxylic acids is 1. The number of aryl methyl sites for hydroxylation is 1. The van der Waals surface area contributed by atoms with Crippen LogP contribution in [0.4, 0.5) is 13.2 Å². The van der Waals surface area contributed by atoms with Crippen molar-refractivity contribution in [1.82, 2.24) is 4.98 Å². The number of halogens is 3. The molecule has 4 rings (SSSR count). The van der Waals surface area contributed by atoms with Crippen LogP contribution in [0.25, 0.3) is 22.3 Å². The summed E-state index contributed by atoms with van der Waals surface area (Å²) in [6, 6.07) is 23.6. The molecule has 0 saturated heterocycles. The molecule has 0 aliphatic rings. The largest absolute Gasteiger partial charge is 0.489 e. The van der Waals surface area contributed by atoms with Crippen molar-refractivity contribution in [1.29, 1.82) is 0 Å². The lowest BCUT2D eigenvalue weighted by Crippen LogP contribution is -2.08. The van der Waals surface area contributed by atoms with Gasteiger partial charge in [0.25, 0.3) is 0 Å². The first-order valence-corrected chi connectivity index (χ1v) is 10.9. The quantitative estimate of drug-likeness (QED) is 0.296. The van der Waals surface area contributed by atoms with Crippen LogP contribution >= 0.6 is 0 Å². The summed E-state index contributed by atoms with van der Waals surface area (Å²) in [6.45, 7) is 0.120. The van der Waals surface area contributed by atoms with Crippen LogP contribution in [0.1, 0.15) is 23.2 Å². The molecule has 3 aromatic carbocycles. The maximum atomic E-state index is 13.7. The average Bonchev–Trinajstić information content (AvgIpc) is 2.87. The first-order valence-electron chi connectivity index (χ1n) is 10.9. The molecule has 0 unspecified atom stereocenters. The SMILES string of the molecule is O=C(O)CCc1ccc(-c2ccc(COc3ccc(-c4ccccc4)c(C(F)(F)F)c3)cc2)cn1. The number of alkyl halides is 3. The minimum absolute atomic E-state index is 0.0283. The second kappa shape index (κ2) is 10.4. The fourth-order valence-electron chi connectivity index (χ4n) is 3.66. The number of carboxylic acid groups (broad SMARTS) is 1. The Morgan fingerprint density at radius 3 is 2.20 bits per heavy atom. The van der Waals surface area contributed by atoms with Gasteiger partial charge in [0.05, 0.1) is 12.0 Å². The standard InChI is InChI=1S/C28H22F3NO3/c29-28(30,31)26-16-24(13-14-25(26)21-4-2-1-3-5-21)35-18-19-6-8-20(9-7-19)22-10-11-23(32-17-22)12-15-27(33)34/h1-11,13-14,16-17H,12,15,18H2,(H,33,34). The summed E-state index contributed by atoms with van der Waals surface area (Å²) >= 11 is 0. The number of rotatable bonds is 8. The monoisotopic (exact) mass is 477 g/mol. The third-order valence-electron chi connectivity index (χ3n) is 5.49. The third kappa shape index (κ3) is 6.26. The summed E-state index contributed by atoms with van der Waals surface area (Å²) in [5.41, 5.74) is 3.17. The lowest BCUT2D eigenvalue weighted by Gasteiger charge is -2.15. The van der Waals surface area contributed by atoms with Crippen molar-refractivity contribution in [3.63, 3.8) is 0 Å². The molecule has 4 nitrogen and oxygen atoms in total. The topological polar surface area (TPSA) is 59.4 Å². The van der Waals surface area contributed by atoms with E-state index in [1.54, 1.807) is 48.7 Å². The van der Waals surface area contributed by atoms with Crippen LogP contribution < -0.4 is 4.74 Å². The Kier molecular flexibility index (Phi) is 7.15. The van der Waals surface area contributed by atoms with Crippen molar-refractivity contribution in [3.05, 3.63) is 108 Å². The van der Waals surface area contributed by atoms with Gasteiger partial charge in [-0.05, 0) is 40.5 Å². The Balaban J connectivity index is 1.44. The molecule has 0 amide bonds. The highest BCUT2D eigenvalue weighted by molar-refractivity contribution is 5.69. The Morgan fingerprint density at radius 1 is 0.857 bits per heavy atom. The van der Waals surface area contributed by atoms with Crippen molar-refractivity contribution < 1.29 is 27.8 Å². The molecule has 1 aromatic heterocycles. The van der Waals surface area contributed by atoms with Crippen LogP contribution in [0.15, 0.2) is 91.1 Å². The smallest absolute Gasteiger partial charge is 0.417 e. The van der Waals surface area contributed by atoms with Crippen LogP contribution in [0.5, 0.6) is 5.75 Å². The van der Waals surface area contributed by atoms with Gasteiger partial charge in [-0.15, -0.1) is 0 Å². The average molecular weight is 477 g/mol. The van der Waals surface area contributed by atoms with Crippen LogP contribution in [-0.4, -0.2) is 16.1 Å². The Labute approximate surface area is 200 Å². The zero-order valence-electron chi connectivity index (χ0n) is 18.6. The molecule has 0 aliphatic carbocycles. The lowest BCUT2D eigenvalue weighted by atomic mass is 9.99. The molecule has 7 heteroatoms. The van der Waals surface area contributed by atoms with Crippen LogP contribution in [0.2, 0.25) is 0 Å². The van der Waals surface area contributed by atoms with Gasteiger partial charge >= 0.3 is 12.1 Å². The molecule has 1 heterocycles. The zero-order chi connectivity index (χ0) is 24.8. The Hall–Kier alpha value is -4.13. The molecule has 0 spiro atoms. The van der Waals surface area contributed by atoms with Gasteiger partial charge in [0.1, 0.15) is 12.4 Å². The predicted octanol–water partition coefficient (Wildman–Crippen LogP) is 7.03. The van der Waals surface area contributed by atoms with Gasteiger partial charge in [0.2, 0.25) is 0 Å². The number of pyridine rings is 1. The maximum Gasteiger partial charge on any atom is 0.417 e. The van der Waals surface area contributed by atoms with Gasteiger partial charge in [-0.3, -0.25) is 9.78 Å². The number of nitrogens with zero attached hydrogens (tertiary/aromatic N) is 1. The minimum atomic E-state index is -4.51. The van der Waals surface area contributed by atoms with Crippen LogP contribution in [-0.2, 0) is 24.0 Å². The molecule has 0 atom stereocenters. The van der Waals surface area contributed by atoms with E-state index in [1.807, 2.05) is 30.3 Å². The number of hydrogen-bond acceptors (Lipinski definition) is 3. The highest BCUT2D eigenvalue weighted by Gasteiger charge is 2.34. The van der Waals surface area contributed by atoms with Gasteiger partial charge in [-0.2, -0.15) is 13.2 Å². The first-order chi connectivity index (χ1) is 16.8. The van der Waals surface area contributed by atoms with E-state index in [1.165, 1.54) is 6.07 Å². The highest BCUT2D eigenvalue weighted by Crippen LogP contribution is 2.39. The second-order valence-corrected chi connectivity index (χ2v) is 7.99. The van der Waals surface area contributed by atoms with Crippen molar-refractivity contribution in [2.24, 2.45) is 0 Å². The second-order valence-electron chi connectivity index (χ2n) is 7.99. The van der Waals surface area contributed by atoms with Gasteiger partial charge in [-0.25, -0.2) is 0 Å². The number of aromatic nitrogens is 1. The molecule has 0 radical (unpaired) electrons. The van der Waals surface area contributed by atoms with Crippen LogP contribution in [0.3, 0.4) is 0 Å². The van der Waals surface area contributed by atoms with E-state index >= 15 is 0 Å². The van der Waals surface area contributed by atoms with E-state index in [9.17, 15) is 18.0 Å². The number of ether oxygens (including phenoxy) is 1. The molecule has 178 valence electrons. The summed E-state index contributed by atoms with van der Waals surface area (Å²) in [5, 5.41) is 8.77. The number of hydrogen-bond donors (Lipinski definition) is 1. The van der Waals surface area contributed by atoms with Gasteiger partial charge in [0, 0.05) is 23.9 Å². The molecule has 0 aliphatic heterocycles. The van der Waals surface area contributed by atoms with E-state index < -0.39 is 17.7 Å². The summed E-state index contributed by atoms with van der Waals surface area (Å²) in [5.74, 6) is -0.724.